The minimum absolute atomic E-state index is 0.0173. The Kier molecular flexibility index (Phi) is 5.19. The molecule has 3 heterocycles. The Labute approximate surface area is 180 Å². The summed E-state index contributed by atoms with van der Waals surface area (Å²) in [4.78, 5) is 34.9. The lowest BCUT2D eigenvalue weighted by atomic mass is 9.97. The number of nitrogens with zero attached hydrogens (tertiary/aromatic N) is 3. The summed E-state index contributed by atoms with van der Waals surface area (Å²) in [7, 11) is 0. The maximum Gasteiger partial charge on any atom is 0.262 e. The molecule has 1 saturated heterocycles. The first-order chi connectivity index (χ1) is 14.6. The molecule has 156 valence electrons. The number of carbonyl (C=O) groups excluding carboxylic acids is 1. The van der Waals surface area contributed by atoms with E-state index in [2.05, 4.69) is 36.2 Å². The fourth-order valence-electron chi connectivity index (χ4n) is 4.90. The third kappa shape index (κ3) is 3.47. The number of thiophene rings is 1. The average molecular weight is 422 g/mol. The number of aryl methyl sites for hydroxylation is 4. The first kappa shape index (κ1) is 19.5. The molecule has 5 nitrogen and oxygen atoms in total. The Morgan fingerprint density at radius 1 is 1.17 bits per heavy atom. The van der Waals surface area contributed by atoms with Crippen LogP contribution >= 0.6 is 11.3 Å². The number of benzene rings is 1. The van der Waals surface area contributed by atoms with Crippen LogP contribution in [-0.2, 0) is 24.2 Å². The largest absolute Gasteiger partial charge is 0.336 e. The summed E-state index contributed by atoms with van der Waals surface area (Å²) in [6, 6.07) is 8.64. The van der Waals surface area contributed by atoms with Crippen LogP contribution in [0, 0.1) is 6.92 Å². The molecule has 0 radical (unpaired) electrons. The Morgan fingerprint density at radius 2 is 1.97 bits per heavy atom. The number of hydrogen-bond acceptors (Lipinski definition) is 4. The minimum atomic E-state index is 0.0173. The second-order valence-corrected chi connectivity index (χ2v) is 9.62. The van der Waals surface area contributed by atoms with Crippen molar-refractivity contribution in [1.82, 2.24) is 14.5 Å². The molecule has 2 aromatic heterocycles. The zero-order chi connectivity index (χ0) is 20.7. The molecule has 1 unspecified atom stereocenters. The van der Waals surface area contributed by atoms with Gasteiger partial charge < -0.3 is 4.90 Å². The maximum absolute atomic E-state index is 13.1. The van der Waals surface area contributed by atoms with E-state index in [0.717, 1.165) is 48.9 Å². The fourth-order valence-corrected chi connectivity index (χ4v) is 6.12. The van der Waals surface area contributed by atoms with Crippen molar-refractivity contribution in [1.29, 1.82) is 0 Å². The average Bonchev–Trinajstić information content (AvgIpc) is 3.39. The second kappa shape index (κ2) is 7.99. The van der Waals surface area contributed by atoms with Gasteiger partial charge in [0.2, 0.25) is 5.91 Å². The highest BCUT2D eigenvalue weighted by Gasteiger charge is 2.29. The van der Waals surface area contributed by atoms with Gasteiger partial charge in [-0.15, -0.1) is 11.3 Å². The van der Waals surface area contributed by atoms with Gasteiger partial charge in [-0.3, -0.25) is 14.2 Å². The van der Waals surface area contributed by atoms with Crippen molar-refractivity contribution in [3.8, 4) is 0 Å². The molecule has 1 fully saturated rings. The second-order valence-electron chi connectivity index (χ2n) is 8.54. The molecule has 3 aromatic rings. The Bertz CT molecular complexity index is 1150. The van der Waals surface area contributed by atoms with Gasteiger partial charge in [-0.05, 0) is 56.6 Å². The molecule has 6 heteroatoms. The van der Waals surface area contributed by atoms with Crippen LogP contribution in [0.3, 0.4) is 0 Å². The van der Waals surface area contributed by atoms with Crippen LogP contribution < -0.4 is 5.56 Å². The summed E-state index contributed by atoms with van der Waals surface area (Å²) >= 11 is 1.67. The van der Waals surface area contributed by atoms with Crippen molar-refractivity contribution in [2.45, 2.75) is 64.5 Å². The lowest BCUT2D eigenvalue weighted by Gasteiger charge is -2.25. The normalized spacial score (nSPS) is 18.7. The first-order valence-electron chi connectivity index (χ1n) is 11.0. The molecular formula is C24H27N3O2S. The summed E-state index contributed by atoms with van der Waals surface area (Å²) in [5.41, 5.74) is 3.66. The van der Waals surface area contributed by atoms with Gasteiger partial charge in [-0.25, -0.2) is 4.98 Å². The molecule has 1 aromatic carbocycles. The smallest absolute Gasteiger partial charge is 0.262 e. The van der Waals surface area contributed by atoms with Crippen LogP contribution in [0.2, 0.25) is 0 Å². The standard InChI is InChI=1S/C24H27N3O2S/c1-16-8-10-17(11-9-16)19-6-4-13-27(19)21(28)12-14-26-15-25-23-22(24(26)29)18-5-2-3-7-20(18)30-23/h8-11,15,19H,2-7,12-14H2,1H3. The van der Waals surface area contributed by atoms with Crippen LogP contribution in [0.15, 0.2) is 35.4 Å². The summed E-state index contributed by atoms with van der Waals surface area (Å²) in [5, 5.41) is 0.795. The summed E-state index contributed by atoms with van der Waals surface area (Å²) in [6.07, 6.45) is 8.36. The lowest BCUT2D eigenvalue weighted by Crippen LogP contribution is -2.32. The number of rotatable bonds is 4. The van der Waals surface area contributed by atoms with Gasteiger partial charge in [0.15, 0.2) is 0 Å². The van der Waals surface area contributed by atoms with Gasteiger partial charge in [-0.1, -0.05) is 29.8 Å². The molecule has 1 aliphatic carbocycles. The lowest BCUT2D eigenvalue weighted by molar-refractivity contribution is -0.132. The van der Waals surface area contributed by atoms with Crippen LogP contribution in [0.4, 0.5) is 0 Å². The predicted molar refractivity (Wildman–Crippen MR) is 120 cm³/mol. The fraction of sp³-hybridized carbons (Fsp3) is 0.458. The topological polar surface area (TPSA) is 55.2 Å². The highest BCUT2D eigenvalue weighted by Crippen LogP contribution is 2.34. The zero-order valence-electron chi connectivity index (χ0n) is 17.4. The molecule has 0 saturated carbocycles. The summed E-state index contributed by atoms with van der Waals surface area (Å²) in [5.74, 6) is 0.123. The summed E-state index contributed by atoms with van der Waals surface area (Å²) in [6.45, 7) is 3.26. The van der Waals surface area contributed by atoms with E-state index in [1.54, 1.807) is 22.2 Å². The Balaban J connectivity index is 1.33. The van der Waals surface area contributed by atoms with E-state index in [-0.39, 0.29) is 17.5 Å². The van der Waals surface area contributed by atoms with Crippen molar-refractivity contribution in [2.24, 2.45) is 0 Å². The molecule has 30 heavy (non-hydrogen) atoms. The van der Waals surface area contributed by atoms with E-state index >= 15 is 0 Å². The first-order valence-corrected chi connectivity index (χ1v) is 11.8. The van der Waals surface area contributed by atoms with Gasteiger partial charge in [0, 0.05) is 24.4 Å². The van der Waals surface area contributed by atoms with Crippen LogP contribution in [0.25, 0.3) is 10.2 Å². The van der Waals surface area contributed by atoms with E-state index in [1.807, 2.05) is 4.90 Å². The molecule has 0 N–H and O–H groups in total. The maximum atomic E-state index is 13.1. The number of amides is 1. The van der Waals surface area contributed by atoms with Crippen molar-refractivity contribution < 1.29 is 4.79 Å². The van der Waals surface area contributed by atoms with E-state index in [1.165, 1.54) is 28.0 Å². The molecule has 5 rings (SSSR count). The van der Waals surface area contributed by atoms with Crippen LogP contribution in [-0.4, -0.2) is 26.9 Å². The molecule has 0 spiro atoms. The van der Waals surface area contributed by atoms with E-state index in [4.69, 9.17) is 0 Å². The van der Waals surface area contributed by atoms with Crippen molar-refractivity contribution >= 4 is 27.5 Å². The van der Waals surface area contributed by atoms with Gasteiger partial charge in [0.1, 0.15) is 4.83 Å². The number of carbonyl (C=O) groups is 1. The van der Waals surface area contributed by atoms with E-state index in [0.29, 0.717) is 13.0 Å². The highest BCUT2D eigenvalue weighted by molar-refractivity contribution is 7.18. The number of fused-ring (bicyclic) bond motifs is 3. The van der Waals surface area contributed by atoms with E-state index in [9.17, 15) is 9.59 Å². The molecule has 0 bridgehead atoms. The Morgan fingerprint density at radius 3 is 2.80 bits per heavy atom. The molecule has 2 aliphatic rings. The molecular weight excluding hydrogens is 394 g/mol. The highest BCUT2D eigenvalue weighted by atomic mass is 32.1. The van der Waals surface area contributed by atoms with Crippen LogP contribution in [0.1, 0.15) is 59.7 Å². The summed E-state index contributed by atoms with van der Waals surface area (Å²) < 4.78 is 1.64. The van der Waals surface area contributed by atoms with Crippen LogP contribution in [0.5, 0.6) is 0 Å². The number of hydrogen-bond donors (Lipinski definition) is 0. The predicted octanol–water partition coefficient (Wildman–Crippen LogP) is 4.40. The van der Waals surface area contributed by atoms with Crippen molar-refractivity contribution in [3.05, 3.63) is 62.5 Å². The third-order valence-electron chi connectivity index (χ3n) is 6.54. The van der Waals surface area contributed by atoms with Crippen molar-refractivity contribution in [3.63, 3.8) is 0 Å². The molecule has 1 amide bonds. The zero-order valence-corrected chi connectivity index (χ0v) is 18.2. The van der Waals surface area contributed by atoms with E-state index < -0.39 is 0 Å². The Hall–Kier alpha value is -2.47. The molecule has 1 aliphatic heterocycles. The number of aromatic nitrogens is 2. The monoisotopic (exact) mass is 421 g/mol. The SMILES string of the molecule is Cc1ccc(C2CCCN2C(=O)CCn2cnc3sc4c(c3c2=O)CCCC4)cc1. The minimum Gasteiger partial charge on any atom is -0.336 e. The van der Waals surface area contributed by atoms with Gasteiger partial charge in [0.25, 0.3) is 5.56 Å². The quantitative estimate of drug-likeness (QED) is 0.627. The third-order valence-corrected chi connectivity index (χ3v) is 7.74. The van der Waals surface area contributed by atoms with Crippen molar-refractivity contribution in [2.75, 3.05) is 6.54 Å². The van der Waals surface area contributed by atoms with Gasteiger partial charge in [-0.2, -0.15) is 0 Å². The van der Waals surface area contributed by atoms with Gasteiger partial charge >= 0.3 is 0 Å². The van der Waals surface area contributed by atoms with Gasteiger partial charge in [0.05, 0.1) is 17.8 Å². The molecule has 1 atom stereocenters. The number of likely N-dealkylation sites (tertiary alicyclic amines) is 1.